The number of carbonyl (C=O) groups is 1. The molecule has 0 unspecified atom stereocenters. The Morgan fingerprint density at radius 2 is 2.08 bits per heavy atom. The number of fused-ring (bicyclic) bond motifs is 1. The number of hydrogen-bond donors (Lipinski definition) is 2. The van der Waals surface area contributed by atoms with Crippen molar-refractivity contribution >= 4 is 33.0 Å². The molecule has 124 valence electrons. The number of carbonyl (C=O) groups excluding carboxylic acids is 1. The number of aromatic nitrogens is 5. The van der Waals surface area contributed by atoms with Gasteiger partial charge in [-0.1, -0.05) is 0 Å². The molecule has 3 aromatic heterocycles. The number of ether oxygens (including phenoxy) is 1. The lowest BCUT2D eigenvalue weighted by Crippen LogP contribution is -2.05. The standard InChI is InChI=1S/C16H12N6O2S/c1-9(23)18-10-2-4-11(5-3-10)24-13-7-17-8-15-12(13)6-14(25-15)16-19-21-22-20-16/h2-8H,1H3,(H,18,23)(H,19,20,21,22). The van der Waals surface area contributed by atoms with Crippen LogP contribution >= 0.6 is 11.3 Å². The van der Waals surface area contributed by atoms with Crippen LogP contribution in [0.2, 0.25) is 0 Å². The van der Waals surface area contributed by atoms with Crippen LogP contribution in [0.3, 0.4) is 0 Å². The van der Waals surface area contributed by atoms with E-state index >= 15 is 0 Å². The van der Waals surface area contributed by atoms with Gasteiger partial charge in [0.1, 0.15) is 5.75 Å². The van der Waals surface area contributed by atoms with Gasteiger partial charge >= 0.3 is 0 Å². The predicted molar refractivity (Wildman–Crippen MR) is 93.6 cm³/mol. The van der Waals surface area contributed by atoms with E-state index in [1.54, 1.807) is 36.7 Å². The van der Waals surface area contributed by atoms with E-state index in [0.29, 0.717) is 23.0 Å². The number of H-pyrrole nitrogens is 1. The van der Waals surface area contributed by atoms with Gasteiger partial charge in [0.2, 0.25) is 11.7 Å². The first kappa shape index (κ1) is 15.2. The highest BCUT2D eigenvalue weighted by molar-refractivity contribution is 7.22. The highest BCUT2D eigenvalue weighted by Crippen LogP contribution is 2.37. The number of benzene rings is 1. The van der Waals surface area contributed by atoms with E-state index in [2.05, 4.69) is 30.9 Å². The molecule has 0 saturated heterocycles. The molecule has 0 aliphatic heterocycles. The van der Waals surface area contributed by atoms with Gasteiger partial charge < -0.3 is 10.1 Å². The van der Waals surface area contributed by atoms with Crippen LogP contribution in [0.1, 0.15) is 6.92 Å². The van der Waals surface area contributed by atoms with Crippen molar-refractivity contribution in [1.29, 1.82) is 0 Å². The Balaban J connectivity index is 1.64. The van der Waals surface area contributed by atoms with E-state index in [4.69, 9.17) is 4.74 Å². The molecule has 0 saturated carbocycles. The average molecular weight is 352 g/mol. The number of pyridine rings is 1. The third-order valence-electron chi connectivity index (χ3n) is 3.38. The first-order chi connectivity index (χ1) is 12.2. The van der Waals surface area contributed by atoms with Crippen LogP contribution in [0, 0.1) is 0 Å². The van der Waals surface area contributed by atoms with Crippen LogP contribution in [-0.2, 0) is 4.79 Å². The van der Waals surface area contributed by atoms with E-state index < -0.39 is 0 Å². The number of nitrogens with one attached hydrogen (secondary N) is 2. The molecule has 1 aromatic carbocycles. The van der Waals surface area contributed by atoms with Crippen LogP contribution in [0.5, 0.6) is 11.5 Å². The van der Waals surface area contributed by atoms with Gasteiger partial charge in [-0.2, -0.15) is 5.21 Å². The van der Waals surface area contributed by atoms with Crippen LogP contribution in [0.25, 0.3) is 20.8 Å². The minimum absolute atomic E-state index is 0.116. The third kappa shape index (κ3) is 3.17. The molecule has 0 spiro atoms. The minimum Gasteiger partial charge on any atom is -0.455 e. The average Bonchev–Trinajstić information content (AvgIpc) is 3.25. The van der Waals surface area contributed by atoms with Crippen LogP contribution in [0.15, 0.2) is 42.7 Å². The van der Waals surface area contributed by atoms with Crippen molar-refractivity contribution in [2.75, 3.05) is 5.32 Å². The quantitative estimate of drug-likeness (QED) is 0.584. The molecule has 8 nitrogen and oxygen atoms in total. The Bertz CT molecular complexity index is 1030. The Labute approximate surface area is 145 Å². The van der Waals surface area contributed by atoms with Crippen molar-refractivity contribution in [2.24, 2.45) is 0 Å². The fraction of sp³-hybridized carbons (Fsp3) is 0.0625. The van der Waals surface area contributed by atoms with E-state index in [1.165, 1.54) is 18.3 Å². The summed E-state index contributed by atoms with van der Waals surface area (Å²) in [5.41, 5.74) is 0.714. The largest absolute Gasteiger partial charge is 0.455 e. The Morgan fingerprint density at radius 3 is 2.80 bits per heavy atom. The van der Waals surface area contributed by atoms with Crippen LogP contribution < -0.4 is 10.1 Å². The molecule has 3 heterocycles. The zero-order chi connectivity index (χ0) is 17.2. The Hall–Kier alpha value is -3.33. The number of thiophene rings is 1. The van der Waals surface area contributed by atoms with Crippen molar-refractivity contribution in [3.05, 3.63) is 42.7 Å². The summed E-state index contributed by atoms with van der Waals surface area (Å²) in [5, 5.41) is 17.7. The molecule has 25 heavy (non-hydrogen) atoms. The maximum absolute atomic E-state index is 11.1. The van der Waals surface area contributed by atoms with Crippen molar-refractivity contribution in [3.8, 4) is 22.2 Å². The molecule has 9 heteroatoms. The number of hydrogen-bond acceptors (Lipinski definition) is 7. The summed E-state index contributed by atoms with van der Waals surface area (Å²) in [6.07, 6.45) is 3.44. The Kier molecular flexibility index (Phi) is 3.82. The van der Waals surface area contributed by atoms with Gasteiger partial charge in [0.15, 0.2) is 5.75 Å². The molecule has 4 aromatic rings. The van der Waals surface area contributed by atoms with Gasteiger partial charge in [-0.05, 0) is 35.5 Å². The molecule has 0 bridgehead atoms. The maximum atomic E-state index is 11.1. The second kappa shape index (κ2) is 6.29. The van der Waals surface area contributed by atoms with E-state index in [0.717, 1.165) is 15.0 Å². The van der Waals surface area contributed by atoms with Gasteiger partial charge in [0.05, 0.1) is 15.8 Å². The SMILES string of the molecule is CC(=O)Nc1ccc(Oc2cncc3sc(-c4nn[nH]n4)cc23)cc1. The Morgan fingerprint density at radius 1 is 1.24 bits per heavy atom. The summed E-state index contributed by atoms with van der Waals surface area (Å²) in [5.74, 6) is 1.70. The van der Waals surface area contributed by atoms with Crippen LogP contribution in [0.4, 0.5) is 5.69 Å². The number of anilines is 1. The summed E-state index contributed by atoms with van der Waals surface area (Å²) in [6, 6.07) is 9.09. The molecule has 4 rings (SSSR count). The summed E-state index contributed by atoms with van der Waals surface area (Å²) < 4.78 is 6.91. The second-order valence-electron chi connectivity index (χ2n) is 5.20. The number of aromatic amines is 1. The van der Waals surface area contributed by atoms with Gasteiger partial charge in [0.25, 0.3) is 0 Å². The lowest BCUT2D eigenvalue weighted by Gasteiger charge is -2.07. The molecular formula is C16H12N6O2S. The van der Waals surface area contributed by atoms with Gasteiger partial charge in [-0.3, -0.25) is 9.78 Å². The first-order valence-electron chi connectivity index (χ1n) is 7.36. The zero-order valence-corrected chi connectivity index (χ0v) is 13.9. The third-order valence-corrected chi connectivity index (χ3v) is 4.44. The summed E-state index contributed by atoms with van der Waals surface area (Å²) in [6.45, 7) is 1.47. The lowest BCUT2D eigenvalue weighted by molar-refractivity contribution is -0.114. The minimum atomic E-state index is -0.116. The molecular weight excluding hydrogens is 340 g/mol. The van der Waals surface area contributed by atoms with Crippen molar-refractivity contribution < 1.29 is 9.53 Å². The smallest absolute Gasteiger partial charge is 0.221 e. The van der Waals surface area contributed by atoms with E-state index in [-0.39, 0.29) is 5.91 Å². The van der Waals surface area contributed by atoms with Crippen molar-refractivity contribution in [2.45, 2.75) is 6.92 Å². The lowest BCUT2D eigenvalue weighted by atomic mass is 10.2. The molecule has 0 radical (unpaired) electrons. The number of tetrazole rings is 1. The van der Waals surface area contributed by atoms with Gasteiger partial charge in [0, 0.05) is 24.2 Å². The summed E-state index contributed by atoms with van der Waals surface area (Å²) in [4.78, 5) is 16.2. The fourth-order valence-corrected chi connectivity index (χ4v) is 3.30. The normalized spacial score (nSPS) is 10.8. The number of nitrogens with zero attached hydrogens (tertiary/aromatic N) is 4. The summed E-state index contributed by atoms with van der Waals surface area (Å²) >= 11 is 1.51. The molecule has 0 fully saturated rings. The number of amides is 1. The monoisotopic (exact) mass is 352 g/mol. The predicted octanol–water partition coefficient (Wildman–Crippen LogP) is 3.23. The highest BCUT2D eigenvalue weighted by atomic mass is 32.1. The van der Waals surface area contributed by atoms with E-state index in [1.807, 2.05) is 6.07 Å². The van der Waals surface area contributed by atoms with Crippen LogP contribution in [-0.4, -0.2) is 31.5 Å². The molecule has 0 aliphatic carbocycles. The molecule has 2 N–H and O–H groups in total. The van der Waals surface area contributed by atoms with Crippen molar-refractivity contribution in [3.63, 3.8) is 0 Å². The second-order valence-corrected chi connectivity index (χ2v) is 6.29. The first-order valence-corrected chi connectivity index (χ1v) is 8.17. The van der Waals surface area contributed by atoms with Gasteiger partial charge in [-0.15, -0.1) is 21.5 Å². The highest BCUT2D eigenvalue weighted by Gasteiger charge is 2.12. The number of rotatable bonds is 4. The molecule has 1 amide bonds. The molecule has 0 aliphatic rings. The zero-order valence-electron chi connectivity index (χ0n) is 13.1. The molecule has 0 atom stereocenters. The van der Waals surface area contributed by atoms with E-state index in [9.17, 15) is 4.79 Å². The summed E-state index contributed by atoms with van der Waals surface area (Å²) in [7, 11) is 0. The van der Waals surface area contributed by atoms with Crippen molar-refractivity contribution in [1.82, 2.24) is 25.6 Å². The van der Waals surface area contributed by atoms with Gasteiger partial charge in [-0.25, -0.2) is 0 Å². The topological polar surface area (TPSA) is 106 Å². The maximum Gasteiger partial charge on any atom is 0.221 e. The fourth-order valence-electron chi connectivity index (χ4n) is 2.33.